The molecule has 0 aliphatic rings. The summed E-state index contributed by atoms with van der Waals surface area (Å²) in [4.78, 5) is 29.4. The van der Waals surface area contributed by atoms with Gasteiger partial charge in [0, 0.05) is 13.1 Å². The molecule has 0 radical (unpaired) electrons. The molecule has 0 spiro atoms. The first-order chi connectivity index (χ1) is 18.9. The molecule has 1 unspecified atom stereocenters. The number of para-hydroxylation sites is 1. The second-order valence-electron chi connectivity index (χ2n) is 9.76. The molecule has 9 nitrogen and oxygen atoms in total. The van der Waals surface area contributed by atoms with E-state index in [2.05, 4.69) is 29.5 Å². The number of methoxy groups -OCH3 is 2. The van der Waals surface area contributed by atoms with Gasteiger partial charge in [0.15, 0.2) is 0 Å². The van der Waals surface area contributed by atoms with Crippen LogP contribution in [0, 0.1) is 5.92 Å². The fourth-order valence-electron chi connectivity index (χ4n) is 4.37. The Balaban J connectivity index is 1.73. The molecule has 9 heteroatoms. The summed E-state index contributed by atoms with van der Waals surface area (Å²) in [6, 6.07) is 21.3. The third-order valence-electron chi connectivity index (χ3n) is 6.53. The van der Waals surface area contributed by atoms with Crippen LogP contribution < -0.4 is 14.8 Å². The third-order valence-corrected chi connectivity index (χ3v) is 6.53. The zero-order chi connectivity index (χ0) is 27.8. The molecule has 0 fully saturated rings. The van der Waals surface area contributed by atoms with Crippen LogP contribution in [-0.2, 0) is 22.7 Å². The van der Waals surface area contributed by atoms with Gasteiger partial charge in [0.25, 0.3) is 0 Å². The number of aromatic nitrogens is 3. The average molecular weight is 530 g/mol. The number of fused-ring (bicyclic) bond motifs is 1. The van der Waals surface area contributed by atoms with Gasteiger partial charge in [-0.1, -0.05) is 55.5 Å². The Morgan fingerprint density at radius 2 is 1.69 bits per heavy atom. The summed E-state index contributed by atoms with van der Waals surface area (Å²) in [5.41, 5.74) is 2.95. The lowest BCUT2D eigenvalue weighted by atomic mass is 10.0. The van der Waals surface area contributed by atoms with Gasteiger partial charge in [-0.3, -0.25) is 9.59 Å². The monoisotopic (exact) mass is 529 g/mol. The Kier molecular flexibility index (Phi) is 9.14. The van der Waals surface area contributed by atoms with E-state index in [4.69, 9.17) is 9.47 Å². The average Bonchev–Trinajstić information content (AvgIpc) is 3.35. The van der Waals surface area contributed by atoms with E-state index in [9.17, 15) is 9.59 Å². The molecule has 0 saturated carbocycles. The van der Waals surface area contributed by atoms with E-state index < -0.39 is 6.04 Å². The minimum atomic E-state index is -0.892. The van der Waals surface area contributed by atoms with Crippen molar-refractivity contribution in [1.29, 1.82) is 0 Å². The Labute approximate surface area is 228 Å². The van der Waals surface area contributed by atoms with Gasteiger partial charge in [0.1, 0.15) is 29.6 Å². The van der Waals surface area contributed by atoms with Crippen LogP contribution in [0.4, 0.5) is 0 Å². The minimum Gasteiger partial charge on any atom is -0.497 e. The highest BCUT2D eigenvalue weighted by Gasteiger charge is 2.32. The number of rotatable bonds is 12. The van der Waals surface area contributed by atoms with Crippen LogP contribution in [0.2, 0.25) is 0 Å². The molecule has 2 amide bonds. The van der Waals surface area contributed by atoms with Gasteiger partial charge in [-0.2, -0.15) is 0 Å². The molecule has 0 aliphatic carbocycles. The molecular weight excluding hydrogens is 494 g/mol. The third kappa shape index (κ3) is 6.93. The van der Waals surface area contributed by atoms with Crippen molar-refractivity contribution in [2.45, 2.75) is 39.4 Å². The summed E-state index contributed by atoms with van der Waals surface area (Å²) in [5, 5.41) is 11.4. The summed E-state index contributed by atoms with van der Waals surface area (Å²) in [6.07, 6.45) is 0.827. The number of nitrogens with one attached hydrogen (secondary N) is 1. The number of carbonyl (C=O) groups is 2. The van der Waals surface area contributed by atoms with E-state index in [1.165, 1.54) is 0 Å². The van der Waals surface area contributed by atoms with Crippen LogP contribution in [0.15, 0.2) is 72.8 Å². The minimum absolute atomic E-state index is 0.0730. The van der Waals surface area contributed by atoms with Crippen LogP contribution in [0.25, 0.3) is 11.0 Å². The Bertz CT molecular complexity index is 1400. The SMILES string of the molecule is COc1ccc(CN(C(=O)Cn2nnc3ccccc32)C(C(=O)NCCC(C)C)c2cccc(OC)c2)cc1. The van der Waals surface area contributed by atoms with Gasteiger partial charge in [-0.15, -0.1) is 5.10 Å². The Morgan fingerprint density at radius 1 is 0.949 bits per heavy atom. The van der Waals surface area contributed by atoms with Crippen LogP contribution in [0.1, 0.15) is 37.4 Å². The zero-order valence-electron chi connectivity index (χ0n) is 22.8. The molecule has 0 bridgehead atoms. The lowest BCUT2D eigenvalue weighted by molar-refractivity contribution is -0.142. The molecule has 1 atom stereocenters. The van der Waals surface area contributed by atoms with Crippen molar-refractivity contribution in [3.63, 3.8) is 0 Å². The van der Waals surface area contributed by atoms with E-state index in [0.29, 0.717) is 35.0 Å². The summed E-state index contributed by atoms with van der Waals surface area (Å²) in [5.74, 6) is 1.22. The normalized spacial score (nSPS) is 11.8. The molecule has 1 N–H and O–H groups in total. The highest BCUT2D eigenvalue weighted by atomic mass is 16.5. The molecule has 1 heterocycles. The first kappa shape index (κ1) is 27.6. The van der Waals surface area contributed by atoms with Crippen molar-refractivity contribution in [2.75, 3.05) is 20.8 Å². The predicted octanol–water partition coefficient (Wildman–Crippen LogP) is 4.38. The predicted molar refractivity (Wildman–Crippen MR) is 149 cm³/mol. The number of hydrogen-bond acceptors (Lipinski definition) is 6. The standard InChI is InChI=1S/C30H35N5O4/c1-21(2)16-17-31-30(37)29(23-8-7-9-25(18-23)39-4)34(19-22-12-14-24(38-3)15-13-22)28(36)20-35-27-11-6-5-10-26(27)32-33-35/h5-15,18,21,29H,16-17,19-20H2,1-4H3,(H,31,37). The maximum Gasteiger partial charge on any atom is 0.247 e. The highest BCUT2D eigenvalue weighted by Crippen LogP contribution is 2.28. The number of nitrogens with zero attached hydrogens (tertiary/aromatic N) is 4. The van der Waals surface area contributed by atoms with Crippen molar-refractivity contribution in [1.82, 2.24) is 25.2 Å². The summed E-state index contributed by atoms with van der Waals surface area (Å²) in [6.45, 7) is 4.85. The van der Waals surface area contributed by atoms with E-state index >= 15 is 0 Å². The molecule has 4 rings (SSSR count). The second-order valence-corrected chi connectivity index (χ2v) is 9.76. The lowest BCUT2D eigenvalue weighted by Crippen LogP contribution is -2.45. The second kappa shape index (κ2) is 12.9. The molecule has 0 aliphatic heterocycles. The van der Waals surface area contributed by atoms with Gasteiger partial charge in [-0.25, -0.2) is 4.68 Å². The van der Waals surface area contributed by atoms with E-state index in [1.54, 1.807) is 29.9 Å². The fraction of sp³-hybridized carbons (Fsp3) is 0.333. The molecule has 1 aromatic heterocycles. The molecule has 3 aromatic carbocycles. The maximum atomic E-state index is 14.0. The maximum absolute atomic E-state index is 14.0. The smallest absolute Gasteiger partial charge is 0.247 e. The van der Waals surface area contributed by atoms with E-state index in [-0.39, 0.29) is 24.9 Å². The van der Waals surface area contributed by atoms with Crippen molar-refractivity contribution in [2.24, 2.45) is 5.92 Å². The van der Waals surface area contributed by atoms with Crippen molar-refractivity contribution in [3.8, 4) is 11.5 Å². The first-order valence-corrected chi connectivity index (χ1v) is 13.0. The number of amides is 2. The molecule has 39 heavy (non-hydrogen) atoms. The number of carbonyl (C=O) groups excluding carboxylic acids is 2. The molecular formula is C30H35N5O4. The first-order valence-electron chi connectivity index (χ1n) is 13.0. The highest BCUT2D eigenvalue weighted by molar-refractivity contribution is 5.89. The summed E-state index contributed by atoms with van der Waals surface area (Å²) < 4.78 is 12.3. The quantitative estimate of drug-likeness (QED) is 0.292. The lowest BCUT2D eigenvalue weighted by Gasteiger charge is -2.32. The van der Waals surface area contributed by atoms with Crippen LogP contribution in [0.3, 0.4) is 0 Å². The number of ether oxygens (including phenoxy) is 2. The molecule has 4 aromatic rings. The number of benzene rings is 3. The largest absolute Gasteiger partial charge is 0.497 e. The van der Waals surface area contributed by atoms with Gasteiger partial charge in [0.05, 0.1) is 19.7 Å². The van der Waals surface area contributed by atoms with Gasteiger partial charge in [-0.05, 0) is 59.9 Å². The van der Waals surface area contributed by atoms with E-state index in [0.717, 1.165) is 17.5 Å². The zero-order valence-corrected chi connectivity index (χ0v) is 22.8. The van der Waals surface area contributed by atoms with Crippen molar-refractivity contribution in [3.05, 3.63) is 83.9 Å². The molecule has 204 valence electrons. The Hall–Kier alpha value is -4.40. The fourth-order valence-corrected chi connectivity index (χ4v) is 4.37. The topological polar surface area (TPSA) is 98.6 Å². The number of hydrogen-bond donors (Lipinski definition) is 1. The van der Waals surface area contributed by atoms with Crippen molar-refractivity contribution >= 4 is 22.8 Å². The molecule has 0 saturated heterocycles. The summed E-state index contributed by atoms with van der Waals surface area (Å²) >= 11 is 0. The van der Waals surface area contributed by atoms with Crippen LogP contribution in [-0.4, -0.2) is 52.5 Å². The van der Waals surface area contributed by atoms with Gasteiger partial charge >= 0.3 is 0 Å². The van der Waals surface area contributed by atoms with Gasteiger partial charge < -0.3 is 19.7 Å². The van der Waals surface area contributed by atoms with Crippen molar-refractivity contribution < 1.29 is 19.1 Å². The van der Waals surface area contributed by atoms with Crippen LogP contribution in [0.5, 0.6) is 11.5 Å². The Morgan fingerprint density at radius 3 is 2.41 bits per heavy atom. The van der Waals surface area contributed by atoms with E-state index in [1.807, 2.05) is 66.7 Å². The van der Waals surface area contributed by atoms with Crippen LogP contribution >= 0.6 is 0 Å². The summed E-state index contributed by atoms with van der Waals surface area (Å²) in [7, 11) is 3.18. The van der Waals surface area contributed by atoms with Gasteiger partial charge in [0.2, 0.25) is 11.8 Å².